The first-order chi connectivity index (χ1) is 22.2. The molecule has 2 aliphatic rings. The molecule has 48 heavy (non-hydrogen) atoms. The topological polar surface area (TPSA) is 274 Å². The van der Waals surface area contributed by atoms with Gasteiger partial charge in [0.1, 0.15) is 18.2 Å². The Hall–Kier alpha value is -1.35. The zero-order valence-corrected chi connectivity index (χ0v) is 28.9. The molecule has 10 unspecified atom stereocenters. The number of nitrogens with two attached hydrogens (primary N) is 1. The van der Waals surface area contributed by atoms with Crippen molar-refractivity contribution in [1.29, 1.82) is 0 Å². The van der Waals surface area contributed by atoms with Crippen molar-refractivity contribution in [3.05, 3.63) is 12.2 Å². The lowest BCUT2D eigenvalue weighted by molar-refractivity contribution is -0.307. The molecule has 0 bridgehead atoms. The average Bonchev–Trinajstić information content (AvgIpc) is 2.97. The van der Waals surface area contributed by atoms with Gasteiger partial charge in [0.2, 0.25) is 5.91 Å². The summed E-state index contributed by atoms with van der Waals surface area (Å²) < 4.78 is 23.2. The largest absolute Gasteiger partial charge is 0.394 e. The van der Waals surface area contributed by atoms with Gasteiger partial charge >= 0.3 is 0 Å². The molecule has 2 saturated heterocycles. The summed E-state index contributed by atoms with van der Waals surface area (Å²) in [7, 11) is 0. The maximum absolute atomic E-state index is 13.9. The number of nitrogens with one attached hydrogen (secondary N) is 1. The number of hydrogen-bond acceptors (Lipinski definition) is 15. The summed E-state index contributed by atoms with van der Waals surface area (Å²) in [6.45, 7) is 10.8. The van der Waals surface area contributed by atoms with E-state index in [2.05, 4.69) is 5.32 Å². The first kappa shape index (κ1) is 42.8. The van der Waals surface area contributed by atoms with Crippen molar-refractivity contribution in [3.8, 4) is 0 Å². The Morgan fingerprint density at radius 1 is 1.02 bits per heavy atom. The monoisotopic (exact) mass is 696 g/mol. The molecule has 16 nitrogen and oxygen atoms in total. The Bertz CT molecular complexity index is 1000. The van der Waals surface area contributed by atoms with E-state index < -0.39 is 116 Å². The van der Waals surface area contributed by atoms with Gasteiger partial charge in [0.05, 0.1) is 67.4 Å². The number of hydrogen-bond donors (Lipinski definition) is 11. The highest BCUT2D eigenvalue weighted by Gasteiger charge is 2.51. The molecule has 1 amide bonds. The molecule has 0 aromatic heterocycles. The van der Waals surface area contributed by atoms with E-state index in [0.29, 0.717) is 0 Å². The van der Waals surface area contributed by atoms with Gasteiger partial charge in [-0.15, -0.1) is 0 Å². The molecular formula is C32H60N2O14. The zero-order chi connectivity index (χ0) is 36.7. The molecule has 0 saturated carbocycles. The molecule has 2 heterocycles. The molecule has 2 aliphatic heterocycles. The number of amides is 1. The van der Waals surface area contributed by atoms with Crippen molar-refractivity contribution in [3.63, 3.8) is 0 Å². The molecule has 16 atom stereocenters. The van der Waals surface area contributed by atoms with E-state index in [-0.39, 0.29) is 24.7 Å². The number of carbonyl (C=O) groups excluding carboxylic acids is 1. The van der Waals surface area contributed by atoms with Gasteiger partial charge in [0.25, 0.3) is 0 Å². The molecule has 282 valence electrons. The van der Waals surface area contributed by atoms with Crippen LogP contribution in [0.15, 0.2) is 12.2 Å². The van der Waals surface area contributed by atoms with Gasteiger partial charge in [-0.2, -0.15) is 0 Å². The summed E-state index contributed by atoms with van der Waals surface area (Å²) in [5.41, 5.74) is 6.00. The Morgan fingerprint density at radius 2 is 1.65 bits per heavy atom. The van der Waals surface area contributed by atoms with Crippen LogP contribution in [-0.2, 0) is 23.7 Å². The van der Waals surface area contributed by atoms with Gasteiger partial charge in [-0.05, 0) is 32.6 Å². The predicted molar refractivity (Wildman–Crippen MR) is 170 cm³/mol. The Labute approximate surface area is 282 Å². The second-order valence-corrected chi connectivity index (χ2v) is 14.0. The van der Waals surface area contributed by atoms with Crippen LogP contribution in [0.1, 0.15) is 67.7 Å². The average molecular weight is 697 g/mol. The van der Waals surface area contributed by atoms with Crippen LogP contribution < -0.4 is 11.1 Å². The van der Waals surface area contributed by atoms with Crippen LogP contribution in [0.4, 0.5) is 0 Å². The van der Waals surface area contributed by atoms with Crippen molar-refractivity contribution in [2.45, 2.75) is 159 Å². The van der Waals surface area contributed by atoms with Crippen LogP contribution in [0.25, 0.3) is 0 Å². The number of rotatable bonds is 17. The number of allylic oxidation sites excluding steroid dienone is 1. The number of ether oxygens (including phenoxy) is 4. The second kappa shape index (κ2) is 18.8. The molecule has 0 aromatic rings. The highest BCUT2D eigenvalue weighted by molar-refractivity contribution is 5.80. The second-order valence-electron chi connectivity index (χ2n) is 14.0. The van der Waals surface area contributed by atoms with E-state index in [1.165, 1.54) is 13.8 Å². The molecule has 16 heteroatoms. The molecule has 2 rings (SSSR count). The maximum atomic E-state index is 13.9. The van der Waals surface area contributed by atoms with Crippen molar-refractivity contribution < 1.29 is 69.7 Å². The van der Waals surface area contributed by atoms with E-state index in [1.54, 1.807) is 32.9 Å². The van der Waals surface area contributed by atoms with Crippen molar-refractivity contribution in [2.75, 3.05) is 6.61 Å². The van der Waals surface area contributed by atoms with Crippen LogP contribution in [0, 0.1) is 17.8 Å². The summed E-state index contributed by atoms with van der Waals surface area (Å²) in [6, 6.07) is -2.58. The summed E-state index contributed by atoms with van der Waals surface area (Å²) in [5.74, 6) is -4.65. The minimum Gasteiger partial charge on any atom is -0.394 e. The van der Waals surface area contributed by atoms with Crippen LogP contribution >= 0.6 is 0 Å². The first-order valence-electron chi connectivity index (χ1n) is 16.7. The minimum absolute atomic E-state index is 0.0315. The third-order valence-corrected chi connectivity index (χ3v) is 8.86. The molecule has 0 aliphatic carbocycles. The van der Waals surface area contributed by atoms with Crippen LogP contribution in [-0.4, -0.2) is 150 Å². The molecule has 12 N–H and O–H groups in total. The lowest BCUT2D eigenvalue weighted by Crippen LogP contribution is -2.62. The lowest BCUT2D eigenvalue weighted by atomic mass is 9.81. The van der Waals surface area contributed by atoms with Gasteiger partial charge in [-0.25, -0.2) is 0 Å². The standard InChI is InChI=1S/C32H60N2O14/c1-14(2)8-9-19(46-31-28(41)25(33)27(40)18(7)45-31)10-22-24(21(39)12-32(44,48-22)11-20(38)15(3)4)29(42)34-26(17(6)37)30(43)47-23(13-35)16(5)36/h8-9,14-28,30-31,35-41,43-44H,10-13,33H2,1-7H3,(H,34,42)/b9-8+/t16?,17?,18?,19-,20+,21-,22-,23?,24+,25?,26?,27?,28?,30?,31?,32+/m0/s1. The van der Waals surface area contributed by atoms with Gasteiger partial charge in [-0.3, -0.25) is 4.79 Å². The normalized spacial score (nSPS) is 36.1. The van der Waals surface area contributed by atoms with E-state index in [9.17, 15) is 50.8 Å². The van der Waals surface area contributed by atoms with Crippen LogP contribution in [0.3, 0.4) is 0 Å². The van der Waals surface area contributed by atoms with Gasteiger partial charge in [-0.1, -0.05) is 39.8 Å². The predicted octanol–water partition coefficient (Wildman–Crippen LogP) is -2.43. The van der Waals surface area contributed by atoms with Gasteiger partial charge in [0, 0.05) is 19.3 Å². The lowest BCUT2D eigenvalue weighted by Gasteiger charge is -2.46. The van der Waals surface area contributed by atoms with E-state index in [4.69, 9.17) is 24.7 Å². The quantitative estimate of drug-likeness (QED) is 0.0558. The Kier molecular flexibility index (Phi) is 16.7. The Morgan fingerprint density at radius 3 is 2.17 bits per heavy atom. The molecule has 0 spiro atoms. The fourth-order valence-electron chi connectivity index (χ4n) is 5.71. The third-order valence-electron chi connectivity index (χ3n) is 8.86. The zero-order valence-electron chi connectivity index (χ0n) is 28.9. The maximum Gasteiger partial charge on any atom is 0.228 e. The smallest absolute Gasteiger partial charge is 0.228 e. The molecule has 0 radical (unpaired) electrons. The number of carbonyl (C=O) groups is 1. The van der Waals surface area contributed by atoms with E-state index in [1.807, 2.05) is 13.8 Å². The van der Waals surface area contributed by atoms with Gasteiger partial charge < -0.3 is 76.0 Å². The first-order valence-corrected chi connectivity index (χ1v) is 16.7. The summed E-state index contributed by atoms with van der Waals surface area (Å²) >= 11 is 0. The van der Waals surface area contributed by atoms with Gasteiger partial charge in [0.15, 0.2) is 18.4 Å². The van der Waals surface area contributed by atoms with Crippen molar-refractivity contribution in [2.24, 2.45) is 23.5 Å². The number of aliphatic hydroxyl groups excluding tert-OH is 8. The van der Waals surface area contributed by atoms with E-state index in [0.717, 1.165) is 0 Å². The molecule has 2 fully saturated rings. The van der Waals surface area contributed by atoms with Crippen molar-refractivity contribution >= 4 is 5.91 Å². The SMILES string of the molecule is CC(C)/C=C/[C@@H](C[C@@H]1O[C@](O)(C[C@@H](O)C(C)C)C[C@H](O)[C@H]1C(=O)NC(C(C)O)C(O)OC(CO)C(C)O)OC1OC(C)C(O)C(N)C1O. The van der Waals surface area contributed by atoms with Crippen molar-refractivity contribution in [1.82, 2.24) is 5.32 Å². The summed E-state index contributed by atoms with van der Waals surface area (Å²) in [5, 5.41) is 97.3. The van der Waals surface area contributed by atoms with E-state index >= 15 is 0 Å². The van der Waals surface area contributed by atoms with Crippen LogP contribution in [0.2, 0.25) is 0 Å². The minimum atomic E-state index is -2.07. The summed E-state index contributed by atoms with van der Waals surface area (Å²) in [4.78, 5) is 13.9. The third kappa shape index (κ3) is 11.9. The fourth-order valence-corrected chi connectivity index (χ4v) is 5.71. The molecule has 0 aromatic carbocycles. The Balaban J connectivity index is 2.46. The fraction of sp³-hybridized carbons (Fsp3) is 0.906. The summed E-state index contributed by atoms with van der Waals surface area (Å²) in [6.07, 6.45) is -12.8. The highest BCUT2D eigenvalue weighted by Crippen LogP contribution is 2.38. The molecular weight excluding hydrogens is 636 g/mol. The van der Waals surface area contributed by atoms with Crippen LogP contribution in [0.5, 0.6) is 0 Å². The number of aliphatic hydroxyl groups is 9. The highest BCUT2D eigenvalue weighted by atomic mass is 16.7.